The summed E-state index contributed by atoms with van der Waals surface area (Å²) in [6.07, 6.45) is 2.50. The minimum atomic E-state index is -4.04. The number of benzene rings is 1. The molecule has 1 aromatic heterocycles. The van der Waals surface area contributed by atoms with Gasteiger partial charge in [-0.15, -0.1) is 0 Å². The molecule has 0 saturated carbocycles. The summed E-state index contributed by atoms with van der Waals surface area (Å²) in [6, 6.07) is 1.63. The summed E-state index contributed by atoms with van der Waals surface area (Å²) in [5.74, 6) is -2.69. The van der Waals surface area contributed by atoms with Gasteiger partial charge in [-0.05, 0) is 19.9 Å². The molecule has 0 fully saturated rings. The maximum absolute atomic E-state index is 13.8. The molecule has 0 aliphatic rings. The van der Waals surface area contributed by atoms with Crippen LogP contribution in [0.4, 0.5) is 10.1 Å². The number of rotatable bonds is 6. The number of ether oxygens (including phenoxy) is 1. The topological polar surface area (TPSA) is 111 Å². The Bertz CT molecular complexity index is 877. The molecule has 0 amide bonds. The lowest BCUT2D eigenvalue weighted by molar-refractivity contribution is 0.0691. The molecule has 0 saturated heterocycles. The monoisotopic (exact) mass is 357 g/mol. The lowest BCUT2D eigenvalue weighted by Crippen LogP contribution is -2.14. The first-order valence-electron chi connectivity index (χ1n) is 6.83. The number of aromatic nitrogens is 2. The Morgan fingerprint density at radius 3 is 2.58 bits per heavy atom. The fraction of sp³-hybridized carbons (Fsp3) is 0.286. The molecule has 130 valence electrons. The first-order valence-corrected chi connectivity index (χ1v) is 8.32. The summed E-state index contributed by atoms with van der Waals surface area (Å²) in [5, 5.41) is 12.8. The molecule has 10 heteroatoms. The van der Waals surface area contributed by atoms with E-state index in [2.05, 4.69) is 9.82 Å². The van der Waals surface area contributed by atoms with Gasteiger partial charge < -0.3 is 9.84 Å². The van der Waals surface area contributed by atoms with Crippen molar-refractivity contribution in [2.24, 2.45) is 0 Å². The molecular formula is C14H16FN3O5S. The number of aromatic carboxylic acids is 1. The van der Waals surface area contributed by atoms with Crippen LogP contribution in [0.1, 0.15) is 30.2 Å². The number of carboxylic acids is 1. The lowest BCUT2D eigenvalue weighted by Gasteiger charge is -2.12. The number of nitrogens with one attached hydrogen (secondary N) is 1. The minimum absolute atomic E-state index is 0.0317. The molecule has 1 heterocycles. The zero-order valence-electron chi connectivity index (χ0n) is 13.1. The Morgan fingerprint density at radius 2 is 2.08 bits per heavy atom. The van der Waals surface area contributed by atoms with E-state index in [1.807, 2.05) is 13.8 Å². The normalized spacial score (nSPS) is 11.5. The first-order chi connectivity index (χ1) is 11.2. The molecule has 0 aliphatic heterocycles. The second-order valence-electron chi connectivity index (χ2n) is 5.19. The molecule has 0 atom stereocenters. The molecule has 0 radical (unpaired) electrons. The number of methoxy groups -OCH3 is 1. The van der Waals surface area contributed by atoms with E-state index in [1.165, 1.54) is 18.0 Å². The molecule has 0 unspecified atom stereocenters. The molecule has 1 aromatic carbocycles. The van der Waals surface area contributed by atoms with Gasteiger partial charge in [-0.1, -0.05) is 0 Å². The van der Waals surface area contributed by atoms with Gasteiger partial charge >= 0.3 is 5.97 Å². The number of halogens is 1. The molecule has 8 nitrogen and oxygen atoms in total. The predicted molar refractivity (Wildman–Crippen MR) is 83.3 cm³/mol. The van der Waals surface area contributed by atoms with Crippen molar-refractivity contribution < 1.29 is 27.4 Å². The van der Waals surface area contributed by atoms with E-state index in [-0.39, 0.29) is 22.4 Å². The van der Waals surface area contributed by atoms with Gasteiger partial charge in [-0.2, -0.15) is 5.10 Å². The van der Waals surface area contributed by atoms with Gasteiger partial charge in [0.05, 0.1) is 24.6 Å². The molecule has 0 bridgehead atoms. The second kappa shape index (κ2) is 6.48. The van der Waals surface area contributed by atoms with Crippen molar-refractivity contribution in [2.75, 3.05) is 11.8 Å². The van der Waals surface area contributed by atoms with Crippen molar-refractivity contribution >= 4 is 21.7 Å². The van der Waals surface area contributed by atoms with E-state index in [4.69, 9.17) is 9.84 Å². The summed E-state index contributed by atoms with van der Waals surface area (Å²) >= 11 is 0. The highest BCUT2D eigenvalue weighted by molar-refractivity contribution is 7.92. The highest BCUT2D eigenvalue weighted by Crippen LogP contribution is 2.30. The molecule has 0 aliphatic carbocycles. The van der Waals surface area contributed by atoms with Gasteiger partial charge in [-0.25, -0.2) is 17.6 Å². The average molecular weight is 357 g/mol. The van der Waals surface area contributed by atoms with Gasteiger partial charge in [0.25, 0.3) is 10.0 Å². The number of carbonyl (C=O) groups is 1. The van der Waals surface area contributed by atoms with Crippen molar-refractivity contribution in [1.82, 2.24) is 9.78 Å². The number of hydrogen-bond acceptors (Lipinski definition) is 5. The van der Waals surface area contributed by atoms with Crippen LogP contribution in [0.25, 0.3) is 0 Å². The fourth-order valence-electron chi connectivity index (χ4n) is 1.91. The summed E-state index contributed by atoms with van der Waals surface area (Å²) < 4.78 is 47.1. The third-order valence-electron chi connectivity index (χ3n) is 3.18. The first kappa shape index (κ1) is 17.7. The van der Waals surface area contributed by atoms with E-state index >= 15 is 0 Å². The smallest absolute Gasteiger partial charge is 0.338 e. The van der Waals surface area contributed by atoms with Gasteiger partial charge in [0, 0.05) is 18.3 Å². The number of nitrogens with zero attached hydrogens (tertiary/aromatic N) is 2. The number of anilines is 1. The largest absolute Gasteiger partial charge is 0.495 e. The minimum Gasteiger partial charge on any atom is -0.495 e. The van der Waals surface area contributed by atoms with Crippen LogP contribution >= 0.6 is 0 Å². The van der Waals surface area contributed by atoms with Crippen molar-refractivity contribution in [3.63, 3.8) is 0 Å². The van der Waals surface area contributed by atoms with Crippen LogP contribution in [0.3, 0.4) is 0 Å². The highest BCUT2D eigenvalue weighted by atomic mass is 32.2. The standard InChI is InChI=1S/C14H16FN3O5S/c1-8(2)18-7-9(6-16-18)24(21,22)17-12-5-11(15)10(14(19)20)4-13(12)23-3/h4-8,17H,1-3H3,(H,19,20). The summed E-state index contributed by atoms with van der Waals surface area (Å²) in [7, 11) is -2.82. The third-order valence-corrected chi connectivity index (χ3v) is 4.50. The van der Waals surface area contributed by atoms with Crippen LogP contribution in [0, 0.1) is 5.82 Å². The zero-order valence-corrected chi connectivity index (χ0v) is 14.0. The van der Waals surface area contributed by atoms with Crippen molar-refractivity contribution in [3.05, 3.63) is 35.9 Å². The lowest BCUT2D eigenvalue weighted by atomic mass is 10.2. The molecule has 0 spiro atoms. The van der Waals surface area contributed by atoms with E-state index in [0.717, 1.165) is 18.3 Å². The Labute approximate surface area is 137 Å². The molecule has 2 aromatic rings. The summed E-state index contributed by atoms with van der Waals surface area (Å²) in [4.78, 5) is 10.8. The number of carboxylic acid groups (broad SMARTS) is 1. The van der Waals surface area contributed by atoms with Crippen LogP contribution in [0.5, 0.6) is 5.75 Å². The van der Waals surface area contributed by atoms with Crippen molar-refractivity contribution in [2.45, 2.75) is 24.8 Å². The van der Waals surface area contributed by atoms with Gasteiger partial charge in [0.2, 0.25) is 0 Å². The molecule has 2 rings (SSSR count). The number of hydrogen-bond donors (Lipinski definition) is 2. The van der Waals surface area contributed by atoms with Crippen molar-refractivity contribution in [3.8, 4) is 5.75 Å². The van der Waals surface area contributed by atoms with E-state index < -0.39 is 27.4 Å². The maximum atomic E-state index is 13.8. The average Bonchev–Trinajstić information content (AvgIpc) is 2.97. The van der Waals surface area contributed by atoms with Crippen LogP contribution < -0.4 is 9.46 Å². The Hall–Kier alpha value is -2.62. The maximum Gasteiger partial charge on any atom is 0.338 e. The van der Waals surface area contributed by atoms with E-state index in [1.54, 1.807) is 0 Å². The van der Waals surface area contributed by atoms with Crippen molar-refractivity contribution in [1.29, 1.82) is 0 Å². The Balaban J connectivity index is 2.41. The molecule has 2 N–H and O–H groups in total. The highest BCUT2D eigenvalue weighted by Gasteiger charge is 2.22. The molecular weight excluding hydrogens is 341 g/mol. The molecule has 24 heavy (non-hydrogen) atoms. The quantitative estimate of drug-likeness (QED) is 0.819. The van der Waals surface area contributed by atoms with Crippen LogP contribution in [0.2, 0.25) is 0 Å². The number of sulfonamides is 1. The van der Waals surface area contributed by atoms with Crippen LogP contribution in [-0.2, 0) is 10.0 Å². The summed E-state index contributed by atoms with van der Waals surface area (Å²) in [6.45, 7) is 3.67. The van der Waals surface area contributed by atoms with E-state index in [0.29, 0.717) is 0 Å². The predicted octanol–water partition coefficient (Wildman–Crippen LogP) is 2.11. The summed E-state index contributed by atoms with van der Waals surface area (Å²) in [5.41, 5.74) is -0.834. The van der Waals surface area contributed by atoms with Gasteiger partial charge in [-0.3, -0.25) is 9.40 Å². The van der Waals surface area contributed by atoms with Gasteiger partial charge in [0.1, 0.15) is 16.5 Å². The van der Waals surface area contributed by atoms with E-state index in [9.17, 15) is 17.6 Å². The second-order valence-corrected chi connectivity index (χ2v) is 6.88. The third kappa shape index (κ3) is 3.48. The van der Waals surface area contributed by atoms with Crippen LogP contribution in [0.15, 0.2) is 29.4 Å². The Kier molecular flexibility index (Phi) is 4.78. The van der Waals surface area contributed by atoms with Crippen LogP contribution in [-0.4, -0.2) is 36.4 Å². The SMILES string of the molecule is COc1cc(C(=O)O)c(F)cc1NS(=O)(=O)c1cnn(C(C)C)c1. The van der Waals surface area contributed by atoms with Gasteiger partial charge in [0.15, 0.2) is 0 Å². The fourth-order valence-corrected chi connectivity index (χ4v) is 2.91. The zero-order chi connectivity index (χ0) is 18.1. The Morgan fingerprint density at radius 1 is 1.42 bits per heavy atom.